The van der Waals surface area contributed by atoms with E-state index < -0.39 is 0 Å². The zero-order valence-electron chi connectivity index (χ0n) is 3.47. The molecule has 0 saturated heterocycles. The van der Waals surface area contributed by atoms with Crippen molar-refractivity contribution in [3.05, 3.63) is 0 Å². The first kappa shape index (κ1) is 4.59. The lowest BCUT2D eigenvalue weighted by molar-refractivity contribution is -0.116. The number of amides is 1. The molecule has 38 valence electrons. The average molecular weight is 119 g/mol. The van der Waals surface area contributed by atoms with Crippen molar-refractivity contribution in [3.8, 4) is 0 Å². The second-order valence-corrected chi connectivity index (χ2v) is 1.63. The predicted molar refractivity (Wildman–Crippen MR) is 26.1 cm³/mol. The normalized spacial score (nSPS) is 19.0. The van der Waals surface area contributed by atoms with E-state index >= 15 is 0 Å². The number of halogens is 1. The molecule has 0 aliphatic carbocycles. The van der Waals surface area contributed by atoms with Gasteiger partial charge in [-0.05, 0) is 0 Å². The van der Waals surface area contributed by atoms with Gasteiger partial charge in [-0.2, -0.15) is 0 Å². The van der Waals surface area contributed by atoms with Crippen LogP contribution in [-0.4, -0.2) is 23.2 Å². The van der Waals surface area contributed by atoms with Crippen molar-refractivity contribution in [3.63, 3.8) is 0 Å². The van der Waals surface area contributed by atoms with Crippen LogP contribution in [0, 0.1) is 0 Å². The summed E-state index contributed by atoms with van der Waals surface area (Å²) in [7, 11) is 0. The van der Waals surface area contributed by atoms with Crippen molar-refractivity contribution < 1.29 is 4.79 Å². The fourth-order valence-corrected chi connectivity index (χ4v) is 0.484. The van der Waals surface area contributed by atoms with Crippen LogP contribution in [0.4, 0.5) is 0 Å². The predicted octanol–water partition coefficient (Wildman–Crippen LogP) is 0.0107. The second kappa shape index (κ2) is 1.50. The van der Waals surface area contributed by atoms with Crippen molar-refractivity contribution in [2.24, 2.45) is 4.99 Å². The van der Waals surface area contributed by atoms with Gasteiger partial charge in [-0.1, -0.05) is 0 Å². The first-order valence-corrected chi connectivity index (χ1v) is 2.12. The molecule has 1 heterocycles. The minimum Gasteiger partial charge on any atom is -0.270 e. The van der Waals surface area contributed by atoms with Gasteiger partial charge in [-0.15, -0.1) is 0 Å². The SMILES string of the molecule is O=C1CN(Cl)C=N1. The molecule has 0 bridgehead atoms. The third-order valence-corrected chi connectivity index (χ3v) is 0.820. The number of hydrogen-bond donors (Lipinski definition) is 0. The Hall–Kier alpha value is -0.570. The van der Waals surface area contributed by atoms with Gasteiger partial charge < -0.3 is 0 Å². The smallest absolute Gasteiger partial charge is 0.268 e. The third-order valence-electron chi connectivity index (χ3n) is 0.613. The number of aliphatic imine (C=N–C) groups is 1. The molecule has 1 amide bonds. The minimum atomic E-state index is -0.185. The summed E-state index contributed by atoms with van der Waals surface area (Å²) in [6, 6.07) is 0. The maximum absolute atomic E-state index is 10.1. The van der Waals surface area contributed by atoms with E-state index in [0.29, 0.717) is 0 Å². The molecule has 0 spiro atoms. The van der Waals surface area contributed by atoms with Crippen LogP contribution >= 0.6 is 11.8 Å². The fourth-order valence-electron chi connectivity index (χ4n) is 0.338. The van der Waals surface area contributed by atoms with Crippen LogP contribution in [0.3, 0.4) is 0 Å². The lowest BCUT2D eigenvalue weighted by atomic mass is 10.7. The molecule has 0 atom stereocenters. The Morgan fingerprint density at radius 1 is 2.00 bits per heavy atom. The first-order valence-electron chi connectivity index (χ1n) is 1.78. The van der Waals surface area contributed by atoms with Crippen molar-refractivity contribution in [2.75, 3.05) is 6.54 Å². The topological polar surface area (TPSA) is 32.7 Å². The summed E-state index contributed by atoms with van der Waals surface area (Å²) >= 11 is 5.27. The van der Waals surface area contributed by atoms with Gasteiger partial charge in [0.05, 0.1) is 0 Å². The molecular weight excluding hydrogens is 115 g/mol. The summed E-state index contributed by atoms with van der Waals surface area (Å²) in [5, 5.41) is 0. The highest BCUT2D eigenvalue weighted by molar-refractivity contribution is 6.22. The van der Waals surface area contributed by atoms with E-state index in [2.05, 4.69) is 4.99 Å². The van der Waals surface area contributed by atoms with E-state index in [0.717, 1.165) is 0 Å². The highest BCUT2D eigenvalue weighted by atomic mass is 35.5. The highest BCUT2D eigenvalue weighted by Gasteiger charge is 2.08. The Kier molecular flexibility index (Phi) is 0.982. The van der Waals surface area contributed by atoms with E-state index in [4.69, 9.17) is 11.8 Å². The van der Waals surface area contributed by atoms with Crippen LogP contribution in [0.1, 0.15) is 0 Å². The molecule has 0 saturated carbocycles. The van der Waals surface area contributed by atoms with Gasteiger partial charge in [0.25, 0.3) is 5.91 Å². The molecule has 0 radical (unpaired) electrons. The number of nitrogens with zero attached hydrogens (tertiary/aromatic N) is 2. The molecule has 1 rings (SSSR count). The molecule has 0 aromatic heterocycles. The van der Waals surface area contributed by atoms with Gasteiger partial charge in [0, 0.05) is 11.8 Å². The maximum Gasteiger partial charge on any atom is 0.268 e. The van der Waals surface area contributed by atoms with Gasteiger partial charge in [0.2, 0.25) is 0 Å². The monoisotopic (exact) mass is 118 g/mol. The molecule has 1 aliphatic heterocycles. The van der Waals surface area contributed by atoms with E-state index in [1.807, 2.05) is 0 Å². The quantitative estimate of drug-likeness (QED) is 0.420. The van der Waals surface area contributed by atoms with E-state index in [1.54, 1.807) is 0 Å². The van der Waals surface area contributed by atoms with Gasteiger partial charge in [-0.25, -0.2) is 4.99 Å². The van der Waals surface area contributed by atoms with Crippen LogP contribution in [0.15, 0.2) is 4.99 Å². The Labute approximate surface area is 45.7 Å². The summed E-state index contributed by atoms with van der Waals surface area (Å²) in [6.07, 6.45) is 1.30. The maximum atomic E-state index is 10.1. The molecule has 0 aromatic carbocycles. The molecule has 7 heavy (non-hydrogen) atoms. The zero-order valence-corrected chi connectivity index (χ0v) is 4.22. The number of rotatable bonds is 0. The van der Waals surface area contributed by atoms with Gasteiger partial charge in [0.15, 0.2) is 0 Å². The summed E-state index contributed by atoms with van der Waals surface area (Å²) in [5.74, 6) is -0.185. The Balaban J connectivity index is 2.58. The van der Waals surface area contributed by atoms with Gasteiger partial charge in [-0.3, -0.25) is 9.21 Å². The van der Waals surface area contributed by atoms with Crippen LogP contribution in [0.5, 0.6) is 0 Å². The number of hydrogen-bond acceptors (Lipinski definition) is 2. The molecule has 0 N–H and O–H groups in total. The molecule has 3 nitrogen and oxygen atoms in total. The Bertz CT molecular complexity index is 122. The molecule has 0 unspecified atom stereocenters. The van der Waals surface area contributed by atoms with E-state index in [9.17, 15) is 4.79 Å². The minimum absolute atomic E-state index is 0.185. The standard InChI is InChI=1S/C3H3ClN2O/c4-6-1-3(7)5-2-6/h2H,1H2. The molecule has 0 aromatic rings. The molecule has 0 fully saturated rings. The Morgan fingerprint density at radius 2 is 2.71 bits per heavy atom. The number of carbonyl (C=O) groups excluding carboxylic acids is 1. The lowest BCUT2D eigenvalue weighted by Crippen LogP contribution is -2.07. The van der Waals surface area contributed by atoms with Crippen LogP contribution in [0.25, 0.3) is 0 Å². The van der Waals surface area contributed by atoms with Crippen molar-refractivity contribution in [2.45, 2.75) is 0 Å². The molecular formula is C3H3ClN2O. The summed E-state index contributed by atoms with van der Waals surface area (Å²) < 4.78 is 1.21. The van der Waals surface area contributed by atoms with Crippen molar-refractivity contribution >= 4 is 24.0 Å². The molecule has 4 heteroatoms. The lowest BCUT2D eigenvalue weighted by Gasteiger charge is -1.93. The van der Waals surface area contributed by atoms with Gasteiger partial charge in [0.1, 0.15) is 12.9 Å². The van der Waals surface area contributed by atoms with Crippen molar-refractivity contribution in [1.82, 2.24) is 4.42 Å². The van der Waals surface area contributed by atoms with Crippen LogP contribution in [0.2, 0.25) is 0 Å². The van der Waals surface area contributed by atoms with E-state index in [-0.39, 0.29) is 12.5 Å². The van der Waals surface area contributed by atoms with E-state index in [1.165, 1.54) is 10.8 Å². The zero-order chi connectivity index (χ0) is 5.28. The fraction of sp³-hybridized carbons (Fsp3) is 0.333. The van der Waals surface area contributed by atoms with Crippen LogP contribution < -0.4 is 0 Å². The Morgan fingerprint density at radius 3 is 2.86 bits per heavy atom. The second-order valence-electron chi connectivity index (χ2n) is 1.20. The molecule has 1 aliphatic rings. The highest BCUT2D eigenvalue weighted by Crippen LogP contribution is 1.96. The first-order chi connectivity index (χ1) is 3.29. The van der Waals surface area contributed by atoms with Crippen LogP contribution in [-0.2, 0) is 4.79 Å². The summed E-state index contributed by atoms with van der Waals surface area (Å²) in [5.41, 5.74) is 0. The average Bonchev–Trinajstić information content (AvgIpc) is 1.87. The van der Waals surface area contributed by atoms with Gasteiger partial charge >= 0.3 is 0 Å². The summed E-state index contributed by atoms with van der Waals surface area (Å²) in [4.78, 5) is 13.5. The third kappa shape index (κ3) is 0.899. The van der Waals surface area contributed by atoms with Crippen molar-refractivity contribution in [1.29, 1.82) is 0 Å². The largest absolute Gasteiger partial charge is 0.270 e. The summed E-state index contributed by atoms with van der Waals surface area (Å²) in [6.45, 7) is 0.210. The number of carbonyl (C=O) groups is 1.